The first-order valence-corrected chi connectivity index (χ1v) is 9.04. The Labute approximate surface area is 159 Å². The molecule has 2 heterocycles. The van der Waals surface area contributed by atoms with E-state index in [1.807, 2.05) is 32.0 Å². The van der Waals surface area contributed by atoms with Crippen LogP contribution in [0.2, 0.25) is 0 Å². The highest BCUT2D eigenvalue weighted by atomic mass is 16.5. The predicted molar refractivity (Wildman–Crippen MR) is 105 cm³/mol. The van der Waals surface area contributed by atoms with Crippen molar-refractivity contribution in [1.82, 2.24) is 10.2 Å². The van der Waals surface area contributed by atoms with Gasteiger partial charge < -0.3 is 19.7 Å². The Balaban J connectivity index is 1.68. The summed E-state index contributed by atoms with van der Waals surface area (Å²) in [5, 5.41) is 21.6. The molecule has 1 aromatic heterocycles. The van der Waals surface area contributed by atoms with Crippen molar-refractivity contribution in [3.63, 3.8) is 0 Å². The predicted octanol–water partition coefficient (Wildman–Crippen LogP) is 3.06. The number of benzene rings is 1. The molecule has 0 unspecified atom stereocenters. The van der Waals surface area contributed by atoms with Crippen molar-refractivity contribution in [3.8, 4) is 17.6 Å². The van der Waals surface area contributed by atoms with E-state index < -0.39 is 0 Å². The minimum atomic E-state index is 0.336. The van der Waals surface area contributed by atoms with Gasteiger partial charge in [0.15, 0.2) is 5.82 Å². The zero-order valence-corrected chi connectivity index (χ0v) is 16.2. The van der Waals surface area contributed by atoms with Crippen LogP contribution in [-0.2, 0) is 0 Å². The maximum absolute atomic E-state index is 9.52. The molecule has 0 saturated carbocycles. The largest absolute Gasteiger partial charge is 0.497 e. The highest BCUT2D eigenvalue weighted by molar-refractivity contribution is 5.58. The van der Waals surface area contributed by atoms with Crippen LogP contribution in [0, 0.1) is 25.2 Å². The number of aryl methyl sites for hydroxylation is 1. The van der Waals surface area contributed by atoms with Crippen LogP contribution in [0.3, 0.4) is 0 Å². The number of nitriles is 1. The van der Waals surface area contributed by atoms with Crippen LogP contribution in [0.4, 0.5) is 11.5 Å². The zero-order valence-electron chi connectivity index (χ0n) is 16.2. The van der Waals surface area contributed by atoms with Gasteiger partial charge in [0.1, 0.15) is 23.1 Å². The average Bonchev–Trinajstić information content (AvgIpc) is 2.70. The second-order valence-electron chi connectivity index (χ2n) is 6.73. The standard InChI is InChI=1S/C20H25N5O2/c1-13-14(2)23-24-20(19(13)12-21)25-7-5-15(6-8-25)22-16-9-17(26-3)11-18(10-16)27-4/h9-11,15,22H,5-8H2,1-4H3. The van der Waals surface area contributed by atoms with Crippen LogP contribution in [0.5, 0.6) is 11.5 Å². The molecule has 0 bridgehead atoms. The minimum Gasteiger partial charge on any atom is -0.497 e. The lowest BCUT2D eigenvalue weighted by molar-refractivity contribution is 0.394. The molecule has 1 aliphatic heterocycles. The number of hydrogen-bond acceptors (Lipinski definition) is 7. The van der Waals surface area contributed by atoms with E-state index in [1.165, 1.54) is 0 Å². The Morgan fingerprint density at radius 3 is 2.26 bits per heavy atom. The summed E-state index contributed by atoms with van der Waals surface area (Å²) in [5.41, 5.74) is 3.32. The second-order valence-corrected chi connectivity index (χ2v) is 6.73. The van der Waals surface area contributed by atoms with Gasteiger partial charge in [-0.2, -0.15) is 10.4 Å². The van der Waals surface area contributed by atoms with E-state index in [-0.39, 0.29) is 0 Å². The Morgan fingerprint density at radius 2 is 1.70 bits per heavy atom. The normalized spacial score (nSPS) is 14.6. The molecule has 1 fully saturated rings. The SMILES string of the molecule is COc1cc(NC2CCN(c3nnc(C)c(C)c3C#N)CC2)cc(OC)c1. The van der Waals surface area contributed by atoms with Crippen LogP contribution in [-0.4, -0.2) is 43.5 Å². The fourth-order valence-electron chi connectivity index (χ4n) is 3.31. The first kappa shape index (κ1) is 18.8. The van der Waals surface area contributed by atoms with E-state index >= 15 is 0 Å². The molecule has 0 spiro atoms. The number of nitrogens with zero attached hydrogens (tertiary/aromatic N) is 4. The van der Waals surface area contributed by atoms with Gasteiger partial charge in [0.25, 0.3) is 0 Å². The summed E-state index contributed by atoms with van der Waals surface area (Å²) in [6, 6.07) is 8.42. The number of nitrogens with one attached hydrogen (secondary N) is 1. The fourth-order valence-corrected chi connectivity index (χ4v) is 3.31. The van der Waals surface area contributed by atoms with Crippen molar-refractivity contribution < 1.29 is 9.47 Å². The summed E-state index contributed by atoms with van der Waals surface area (Å²) in [4.78, 5) is 2.16. The number of piperidine rings is 1. The Morgan fingerprint density at radius 1 is 1.07 bits per heavy atom. The van der Waals surface area contributed by atoms with Crippen molar-refractivity contribution in [2.24, 2.45) is 0 Å². The molecule has 0 atom stereocenters. The Hall–Kier alpha value is -3.01. The summed E-state index contributed by atoms with van der Waals surface area (Å²) in [6.07, 6.45) is 1.89. The first-order chi connectivity index (χ1) is 13.0. The summed E-state index contributed by atoms with van der Waals surface area (Å²) in [7, 11) is 3.29. The lowest BCUT2D eigenvalue weighted by Gasteiger charge is -2.34. The molecule has 0 radical (unpaired) electrons. The fraction of sp³-hybridized carbons (Fsp3) is 0.450. The third-order valence-corrected chi connectivity index (χ3v) is 5.06. The van der Waals surface area contributed by atoms with Gasteiger partial charge >= 0.3 is 0 Å². The number of aromatic nitrogens is 2. The summed E-state index contributed by atoms with van der Waals surface area (Å²) < 4.78 is 10.7. The topological polar surface area (TPSA) is 83.3 Å². The molecular weight excluding hydrogens is 342 g/mol. The molecule has 7 heteroatoms. The van der Waals surface area contributed by atoms with Gasteiger partial charge in [-0.25, -0.2) is 0 Å². The number of ether oxygens (including phenoxy) is 2. The van der Waals surface area contributed by atoms with Gasteiger partial charge in [-0.15, -0.1) is 5.10 Å². The molecule has 1 saturated heterocycles. The van der Waals surface area contributed by atoms with Crippen molar-refractivity contribution in [2.75, 3.05) is 37.5 Å². The zero-order chi connectivity index (χ0) is 19.4. The molecule has 142 valence electrons. The van der Waals surface area contributed by atoms with E-state index in [0.29, 0.717) is 17.4 Å². The van der Waals surface area contributed by atoms with Gasteiger partial charge in [0, 0.05) is 43.0 Å². The maximum Gasteiger partial charge on any atom is 0.169 e. The summed E-state index contributed by atoms with van der Waals surface area (Å²) >= 11 is 0. The number of methoxy groups -OCH3 is 2. The lowest BCUT2D eigenvalue weighted by Crippen LogP contribution is -2.40. The van der Waals surface area contributed by atoms with Crippen LogP contribution in [0.25, 0.3) is 0 Å². The van der Waals surface area contributed by atoms with Crippen LogP contribution < -0.4 is 19.7 Å². The maximum atomic E-state index is 9.52. The third kappa shape index (κ3) is 4.05. The second kappa shape index (κ2) is 8.12. The molecule has 27 heavy (non-hydrogen) atoms. The van der Waals surface area contributed by atoms with E-state index in [2.05, 4.69) is 26.5 Å². The highest BCUT2D eigenvalue weighted by Crippen LogP contribution is 2.29. The molecular formula is C20H25N5O2. The number of anilines is 2. The smallest absolute Gasteiger partial charge is 0.169 e. The monoisotopic (exact) mass is 367 g/mol. The van der Waals surface area contributed by atoms with Crippen molar-refractivity contribution in [1.29, 1.82) is 5.26 Å². The summed E-state index contributed by atoms with van der Waals surface area (Å²) in [6.45, 7) is 5.46. The summed E-state index contributed by atoms with van der Waals surface area (Å²) in [5.74, 6) is 2.22. The molecule has 7 nitrogen and oxygen atoms in total. The molecule has 2 aromatic rings. The first-order valence-electron chi connectivity index (χ1n) is 9.04. The van der Waals surface area contributed by atoms with Crippen molar-refractivity contribution in [3.05, 3.63) is 35.0 Å². The quantitative estimate of drug-likeness (QED) is 0.869. The van der Waals surface area contributed by atoms with E-state index in [1.54, 1.807) is 14.2 Å². The highest BCUT2D eigenvalue weighted by Gasteiger charge is 2.24. The molecule has 1 aliphatic rings. The Kier molecular flexibility index (Phi) is 5.65. The van der Waals surface area contributed by atoms with Gasteiger partial charge in [0.2, 0.25) is 0 Å². The minimum absolute atomic E-state index is 0.336. The molecule has 1 aromatic carbocycles. The lowest BCUT2D eigenvalue weighted by atomic mass is 10.0. The average molecular weight is 367 g/mol. The van der Waals surface area contributed by atoms with Gasteiger partial charge in [-0.1, -0.05) is 0 Å². The number of rotatable bonds is 5. The molecule has 3 rings (SSSR count). The van der Waals surface area contributed by atoms with Crippen molar-refractivity contribution >= 4 is 11.5 Å². The van der Waals surface area contributed by atoms with Crippen LogP contribution >= 0.6 is 0 Å². The van der Waals surface area contributed by atoms with E-state index in [9.17, 15) is 5.26 Å². The molecule has 0 aliphatic carbocycles. The van der Waals surface area contributed by atoms with Gasteiger partial charge in [-0.05, 0) is 32.3 Å². The van der Waals surface area contributed by atoms with E-state index in [0.717, 1.165) is 54.4 Å². The molecule has 0 amide bonds. The van der Waals surface area contributed by atoms with E-state index in [4.69, 9.17) is 9.47 Å². The van der Waals surface area contributed by atoms with Crippen molar-refractivity contribution in [2.45, 2.75) is 32.7 Å². The third-order valence-electron chi connectivity index (χ3n) is 5.06. The Bertz CT molecular complexity index is 832. The van der Waals surface area contributed by atoms with Gasteiger partial charge in [-0.3, -0.25) is 0 Å². The number of hydrogen-bond donors (Lipinski definition) is 1. The van der Waals surface area contributed by atoms with Gasteiger partial charge in [0.05, 0.1) is 19.9 Å². The molecule has 1 N–H and O–H groups in total. The van der Waals surface area contributed by atoms with Crippen LogP contribution in [0.1, 0.15) is 29.7 Å². The van der Waals surface area contributed by atoms with Crippen LogP contribution in [0.15, 0.2) is 18.2 Å².